The number of aromatic nitrogens is 1. The van der Waals surface area contributed by atoms with Gasteiger partial charge in [0.1, 0.15) is 0 Å². The molecule has 0 aliphatic rings. The summed E-state index contributed by atoms with van der Waals surface area (Å²) in [5.41, 5.74) is 3.15. The van der Waals surface area contributed by atoms with Gasteiger partial charge >= 0.3 is 6.03 Å². The SMILES string of the molecule is C=CCN(Cc1cccn1Cc1cccc(Cl)c1)C(=O)Nc1cccc(C#N)c1. The van der Waals surface area contributed by atoms with Crippen molar-refractivity contribution in [2.24, 2.45) is 0 Å². The van der Waals surface area contributed by atoms with Crippen LogP contribution in [0.15, 0.2) is 79.5 Å². The molecule has 0 spiro atoms. The van der Waals surface area contributed by atoms with E-state index in [1.165, 1.54) is 0 Å². The highest BCUT2D eigenvalue weighted by Crippen LogP contribution is 2.16. The quantitative estimate of drug-likeness (QED) is 0.544. The number of amides is 2. The van der Waals surface area contributed by atoms with Crippen LogP contribution in [0.2, 0.25) is 5.02 Å². The van der Waals surface area contributed by atoms with E-state index in [1.807, 2.05) is 42.6 Å². The average molecular weight is 405 g/mol. The topological polar surface area (TPSA) is 61.1 Å². The van der Waals surface area contributed by atoms with Crippen LogP contribution in [0.5, 0.6) is 0 Å². The second-order valence-corrected chi connectivity index (χ2v) is 6.99. The number of rotatable bonds is 7. The first-order chi connectivity index (χ1) is 14.1. The lowest BCUT2D eigenvalue weighted by molar-refractivity contribution is 0.214. The summed E-state index contributed by atoms with van der Waals surface area (Å²) >= 11 is 6.09. The van der Waals surface area contributed by atoms with Gasteiger partial charge in [0.25, 0.3) is 0 Å². The van der Waals surface area contributed by atoms with Gasteiger partial charge in [-0.3, -0.25) is 0 Å². The van der Waals surface area contributed by atoms with Gasteiger partial charge < -0.3 is 14.8 Å². The fourth-order valence-corrected chi connectivity index (χ4v) is 3.23. The number of nitriles is 1. The summed E-state index contributed by atoms with van der Waals surface area (Å²) in [7, 11) is 0. The summed E-state index contributed by atoms with van der Waals surface area (Å²) in [6.07, 6.45) is 3.67. The van der Waals surface area contributed by atoms with Gasteiger partial charge in [0.2, 0.25) is 0 Å². The Morgan fingerprint density at radius 3 is 2.79 bits per heavy atom. The molecule has 0 fully saturated rings. The molecule has 1 heterocycles. The highest BCUT2D eigenvalue weighted by atomic mass is 35.5. The Hall–Kier alpha value is -3.49. The molecule has 0 atom stereocenters. The van der Waals surface area contributed by atoms with Crippen molar-refractivity contribution < 1.29 is 4.79 Å². The highest BCUT2D eigenvalue weighted by molar-refractivity contribution is 6.30. The molecule has 3 rings (SSSR count). The lowest BCUT2D eigenvalue weighted by Gasteiger charge is -2.23. The van der Waals surface area contributed by atoms with E-state index in [4.69, 9.17) is 16.9 Å². The Morgan fingerprint density at radius 1 is 1.21 bits per heavy atom. The van der Waals surface area contributed by atoms with Crippen LogP contribution < -0.4 is 5.32 Å². The molecule has 0 radical (unpaired) electrons. The predicted molar refractivity (Wildman–Crippen MR) is 116 cm³/mol. The maximum atomic E-state index is 12.8. The minimum atomic E-state index is -0.254. The Balaban J connectivity index is 1.73. The number of nitrogens with zero attached hydrogens (tertiary/aromatic N) is 3. The predicted octanol–water partition coefficient (Wildman–Crippen LogP) is 5.28. The summed E-state index contributed by atoms with van der Waals surface area (Å²) in [5.74, 6) is 0. The van der Waals surface area contributed by atoms with Crippen LogP contribution in [0.3, 0.4) is 0 Å². The van der Waals surface area contributed by atoms with Crippen LogP contribution in [0.1, 0.15) is 16.8 Å². The van der Waals surface area contributed by atoms with Gasteiger partial charge in [0.15, 0.2) is 0 Å². The van der Waals surface area contributed by atoms with E-state index < -0.39 is 0 Å². The molecule has 146 valence electrons. The third-order valence-corrected chi connectivity index (χ3v) is 4.63. The van der Waals surface area contributed by atoms with Gasteiger partial charge in [-0.05, 0) is 48.0 Å². The van der Waals surface area contributed by atoms with E-state index >= 15 is 0 Å². The Labute approximate surface area is 175 Å². The summed E-state index contributed by atoms with van der Waals surface area (Å²) in [6.45, 7) is 5.24. The molecular weight excluding hydrogens is 384 g/mol. The first-order valence-corrected chi connectivity index (χ1v) is 9.52. The molecule has 0 bridgehead atoms. The number of urea groups is 1. The molecule has 1 aromatic heterocycles. The summed E-state index contributed by atoms with van der Waals surface area (Å²) in [5, 5.41) is 12.6. The van der Waals surface area contributed by atoms with Gasteiger partial charge in [-0.15, -0.1) is 6.58 Å². The highest BCUT2D eigenvalue weighted by Gasteiger charge is 2.15. The van der Waals surface area contributed by atoms with Crippen molar-refractivity contribution in [3.63, 3.8) is 0 Å². The lowest BCUT2D eigenvalue weighted by Crippen LogP contribution is -2.35. The molecular formula is C23H21ClN4O. The zero-order valence-corrected chi connectivity index (χ0v) is 16.6. The van der Waals surface area contributed by atoms with Crippen molar-refractivity contribution >= 4 is 23.3 Å². The second-order valence-electron chi connectivity index (χ2n) is 6.55. The number of carbonyl (C=O) groups is 1. The molecule has 2 amide bonds. The largest absolute Gasteiger partial charge is 0.345 e. The molecule has 0 aliphatic carbocycles. The Morgan fingerprint density at radius 2 is 2.03 bits per heavy atom. The van der Waals surface area contributed by atoms with Crippen molar-refractivity contribution in [1.29, 1.82) is 5.26 Å². The Kier molecular flexibility index (Phi) is 6.72. The van der Waals surface area contributed by atoms with Gasteiger partial charge in [0.05, 0.1) is 18.2 Å². The molecule has 0 unspecified atom stereocenters. The normalized spacial score (nSPS) is 10.2. The van der Waals surface area contributed by atoms with E-state index in [-0.39, 0.29) is 6.03 Å². The van der Waals surface area contributed by atoms with Gasteiger partial charge in [-0.1, -0.05) is 35.9 Å². The zero-order chi connectivity index (χ0) is 20.6. The Bertz CT molecular complexity index is 1050. The number of nitrogens with one attached hydrogen (secondary N) is 1. The molecule has 1 N–H and O–H groups in total. The van der Waals surface area contributed by atoms with Crippen LogP contribution in [-0.2, 0) is 13.1 Å². The fraction of sp³-hybridized carbons (Fsp3) is 0.130. The van der Waals surface area contributed by atoms with E-state index in [0.717, 1.165) is 11.3 Å². The van der Waals surface area contributed by atoms with Crippen LogP contribution in [0.25, 0.3) is 0 Å². The number of hydrogen-bond donors (Lipinski definition) is 1. The molecule has 2 aromatic carbocycles. The smallest absolute Gasteiger partial charge is 0.322 e. The number of carbonyl (C=O) groups excluding carboxylic acids is 1. The van der Waals surface area contributed by atoms with Crippen LogP contribution in [-0.4, -0.2) is 22.0 Å². The fourth-order valence-electron chi connectivity index (χ4n) is 3.02. The zero-order valence-electron chi connectivity index (χ0n) is 15.9. The number of halogens is 1. The van der Waals surface area contributed by atoms with Crippen LogP contribution >= 0.6 is 11.6 Å². The van der Waals surface area contributed by atoms with Gasteiger partial charge in [-0.2, -0.15) is 5.26 Å². The van der Waals surface area contributed by atoms with E-state index in [0.29, 0.717) is 35.9 Å². The first kappa shape index (κ1) is 20.2. The monoisotopic (exact) mass is 404 g/mol. The number of benzene rings is 2. The first-order valence-electron chi connectivity index (χ1n) is 9.14. The summed E-state index contributed by atoms with van der Waals surface area (Å²) < 4.78 is 2.09. The van der Waals surface area contributed by atoms with Crippen molar-refractivity contribution in [2.45, 2.75) is 13.1 Å². The lowest BCUT2D eigenvalue weighted by atomic mass is 10.2. The van der Waals surface area contributed by atoms with Gasteiger partial charge in [0, 0.05) is 35.7 Å². The standard InChI is InChI=1S/C23H21ClN4O/c1-2-11-28(23(29)26-21-9-4-6-18(14-21)15-25)17-22-10-5-12-27(22)16-19-7-3-8-20(24)13-19/h2-10,12-14H,1,11,16-17H2,(H,26,29). The molecule has 5 nitrogen and oxygen atoms in total. The second kappa shape index (κ2) is 9.63. The molecule has 3 aromatic rings. The maximum absolute atomic E-state index is 12.8. The molecule has 0 saturated carbocycles. The van der Waals surface area contributed by atoms with Gasteiger partial charge in [-0.25, -0.2) is 4.79 Å². The average Bonchev–Trinajstić information content (AvgIpc) is 3.14. The molecule has 29 heavy (non-hydrogen) atoms. The van der Waals surface area contributed by atoms with E-state index in [2.05, 4.69) is 22.5 Å². The minimum absolute atomic E-state index is 0.254. The number of hydrogen-bond acceptors (Lipinski definition) is 2. The molecule has 0 saturated heterocycles. The van der Waals surface area contributed by atoms with E-state index in [1.54, 1.807) is 35.2 Å². The third-order valence-electron chi connectivity index (χ3n) is 4.40. The van der Waals surface area contributed by atoms with Crippen LogP contribution in [0.4, 0.5) is 10.5 Å². The van der Waals surface area contributed by atoms with Crippen molar-refractivity contribution in [1.82, 2.24) is 9.47 Å². The minimum Gasteiger partial charge on any atom is -0.345 e. The summed E-state index contributed by atoms with van der Waals surface area (Å²) in [4.78, 5) is 14.5. The summed E-state index contributed by atoms with van der Waals surface area (Å²) in [6, 6.07) is 20.3. The van der Waals surface area contributed by atoms with Crippen LogP contribution in [0, 0.1) is 11.3 Å². The van der Waals surface area contributed by atoms with Crippen molar-refractivity contribution in [3.05, 3.63) is 101 Å². The molecule has 6 heteroatoms. The maximum Gasteiger partial charge on any atom is 0.322 e. The van der Waals surface area contributed by atoms with E-state index in [9.17, 15) is 4.79 Å². The molecule has 0 aliphatic heterocycles. The van der Waals surface area contributed by atoms with Crippen molar-refractivity contribution in [3.8, 4) is 6.07 Å². The number of anilines is 1. The third kappa shape index (κ3) is 5.50. The van der Waals surface area contributed by atoms with Crippen molar-refractivity contribution in [2.75, 3.05) is 11.9 Å².